The highest BCUT2D eigenvalue weighted by Crippen LogP contribution is 2.15. The minimum Gasteiger partial charge on any atom is -0.352 e. The van der Waals surface area contributed by atoms with Crippen LogP contribution in [0, 0.1) is 0 Å². The van der Waals surface area contributed by atoms with E-state index in [0.29, 0.717) is 16.7 Å². The normalized spacial score (nSPS) is 19.1. The number of hydrogen-bond acceptors (Lipinski definition) is 3. The second-order valence-electron chi connectivity index (χ2n) is 4.66. The molecule has 1 aromatic heterocycles. The van der Waals surface area contributed by atoms with Gasteiger partial charge in [-0.15, -0.1) is 0 Å². The van der Waals surface area contributed by atoms with Gasteiger partial charge in [0.25, 0.3) is 5.91 Å². The zero-order valence-corrected chi connectivity index (χ0v) is 12.3. The third-order valence-electron chi connectivity index (χ3n) is 3.09. The molecule has 2 heterocycles. The van der Waals surface area contributed by atoms with Crippen LogP contribution >= 0.6 is 15.9 Å². The fourth-order valence-electron chi connectivity index (χ4n) is 2.28. The van der Waals surface area contributed by atoms with Crippen molar-refractivity contribution in [1.29, 1.82) is 0 Å². The summed E-state index contributed by atoms with van der Waals surface area (Å²) in [6.07, 6.45) is 3.43. The van der Waals surface area contributed by atoms with Gasteiger partial charge in [-0.05, 0) is 40.9 Å². The van der Waals surface area contributed by atoms with Crippen molar-refractivity contribution < 1.29 is 9.59 Å². The van der Waals surface area contributed by atoms with Crippen molar-refractivity contribution in [1.82, 2.24) is 15.2 Å². The molecule has 19 heavy (non-hydrogen) atoms. The molecule has 1 N–H and O–H groups in total. The third kappa shape index (κ3) is 3.76. The predicted octanol–water partition coefficient (Wildman–Crippen LogP) is 1.58. The smallest absolute Gasteiger partial charge is 0.254 e. The second-order valence-corrected chi connectivity index (χ2v) is 5.47. The molecule has 1 aromatic rings. The number of amides is 2. The molecule has 0 aromatic carbocycles. The summed E-state index contributed by atoms with van der Waals surface area (Å²) >= 11 is 3.26. The average Bonchev–Trinajstić information content (AvgIpc) is 2.37. The van der Waals surface area contributed by atoms with Gasteiger partial charge in [0.05, 0.1) is 0 Å². The SMILES string of the molecule is CC(=O)NC1CCCN(C(=O)c2ccnc(Br)c2)C1. The molecule has 1 unspecified atom stereocenters. The number of carbonyl (C=O) groups excluding carboxylic acids is 2. The van der Waals surface area contributed by atoms with Crippen molar-refractivity contribution in [3.63, 3.8) is 0 Å². The maximum atomic E-state index is 12.3. The van der Waals surface area contributed by atoms with Gasteiger partial charge in [0.15, 0.2) is 0 Å². The monoisotopic (exact) mass is 325 g/mol. The lowest BCUT2D eigenvalue weighted by Gasteiger charge is -2.33. The molecule has 0 bridgehead atoms. The molecule has 1 aliphatic rings. The number of pyridine rings is 1. The maximum Gasteiger partial charge on any atom is 0.254 e. The van der Waals surface area contributed by atoms with Crippen LogP contribution in [-0.2, 0) is 4.79 Å². The lowest BCUT2D eigenvalue weighted by molar-refractivity contribution is -0.120. The van der Waals surface area contributed by atoms with Gasteiger partial charge < -0.3 is 10.2 Å². The van der Waals surface area contributed by atoms with Crippen LogP contribution in [-0.4, -0.2) is 40.8 Å². The maximum absolute atomic E-state index is 12.3. The van der Waals surface area contributed by atoms with E-state index in [1.54, 1.807) is 23.2 Å². The van der Waals surface area contributed by atoms with Crippen LogP contribution in [0.25, 0.3) is 0 Å². The topological polar surface area (TPSA) is 62.3 Å². The second kappa shape index (κ2) is 6.14. The Balaban J connectivity index is 2.04. The summed E-state index contributed by atoms with van der Waals surface area (Å²) in [7, 11) is 0. The Labute approximate surface area is 120 Å². The summed E-state index contributed by atoms with van der Waals surface area (Å²) in [5, 5.41) is 2.87. The Kier molecular flexibility index (Phi) is 4.52. The quantitative estimate of drug-likeness (QED) is 0.840. The first-order valence-electron chi connectivity index (χ1n) is 6.24. The Hall–Kier alpha value is -1.43. The molecule has 1 atom stereocenters. The minimum absolute atomic E-state index is 0.0156. The third-order valence-corrected chi connectivity index (χ3v) is 3.52. The van der Waals surface area contributed by atoms with E-state index in [0.717, 1.165) is 19.4 Å². The fraction of sp³-hybridized carbons (Fsp3) is 0.462. The standard InChI is InChI=1S/C13H16BrN3O2/c1-9(18)16-11-3-2-6-17(8-11)13(19)10-4-5-15-12(14)7-10/h4-5,7,11H,2-3,6,8H2,1H3,(H,16,18). The predicted molar refractivity (Wildman–Crippen MR) is 74.7 cm³/mol. The molecule has 1 aliphatic heterocycles. The first-order chi connectivity index (χ1) is 9.06. The Bertz CT molecular complexity index is 493. The first-order valence-corrected chi connectivity index (χ1v) is 7.03. The molecule has 1 saturated heterocycles. The molecule has 0 radical (unpaired) electrons. The zero-order valence-electron chi connectivity index (χ0n) is 10.7. The number of likely N-dealkylation sites (tertiary alicyclic amines) is 1. The summed E-state index contributed by atoms with van der Waals surface area (Å²) in [4.78, 5) is 29.2. The van der Waals surface area contributed by atoms with Crippen LogP contribution in [0.4, 0.5) is 0 Å². The summed E-state index contributed by atoms with van der Waals surface area (Å²) in [5.74, 6) is -0.0656. The number of carbonyl (C=O) groups is 2. The van der Waals surface area contributed by atoms with Gasteiger partial charge in [-0.1, -0.05) is 0 Å². The number of aromatic nitrogens is 1. The summed E-state index contributed by atoms with van der Waals surface area (Å²) < 4.78 is 0.647. The minimum atomic E-state index is -0.0500. The number of halogens is 1. The van der Waals surface area contributed by atoms with Crippen molar-refractivity contribution in [2.75, 3.05) is 13.1 Å². The van der Waals surface area contributed by atoms with Gasteiger partial charge >= 0.3 is 0 Å². The lowest BCUT2D eigenvalue weighted by atomic mass is 10.0. The van der Waals surface area contributed by atoms with E-state index in [2.05, 4.69) is 26.2 Å². The van der Waals surface area contributed by atoms with Crippen LogP contribution < -0.4 is 5.32 Å². The van der Waals surface area contributed by atoms with Gasteiger partial charge in [0, 0.05) is 37.8 Å². The van der Waals surface area contributed by atoms with Crippen molar-refractivity contribution in [2.24, 2.45) is 0 Å². The molecule has 2 rings (SSSR count). The van der Waals surface area contributed by atoms with Gasteiger partial charge in [-0.25, -0.2) is 4.98 Å². The summed E-state index contributed by atoms with van der Waals surface area (Å²) in [5.41, 5.74) is 0.616. The van der Waals surface area contributed by atoms with Crippen molar-refractivity contribution in [3.8, 4) is 0 Å². The average molecular weight is 326 g/mol. The number of nitrogens with zero attached hydrogens (tertiary/aromatic N) is 2. The van der Waals surface area contributed by atoms with E-state index in [1.165, 1.54) is 6.92 Å². The summed E-state index contributed by atoms with van der Waals surface area (Å²) in [6, 6.07) is 3.47. The highest BCUT2D eigenvalue weighted by atomic mass is 79.9. The van der Waals surface area contributed by atoms with E-state index in [9.17, 15) is 9.59 Å². The van der Waals surface area contributed by atoms with Crippen LogP contribution in [0.3, 0.4) is 0 Å². The molecule has 102 valence electrons. The van der Waals surface area contributed by atoms with E-state index in [4.69, 9.17) is 0 Å². The molecule has 0 spiro atoms. The lowest BCUT2D eigenvalue weighted by Crippen LogP contribution is -2.49. The van der Waals surface area contributed by atoms with Crippen molar-refractivity contribution in [2.45, 2.75) is 25.8 Å². The van der Waals surface area contributed by atoms with Gasteiger partial charge in [-0.3, -0.25) is 9.59 Å². The molecule has 6 heteroatoms. The van der Waals surface area contributed by atoms with Crippen LogP contribution in [0.2, 0.25) is 0 Å². The van der Waals surface area contributed by atoms with Crippen molar-refractivity contribution >= 4 is 27.7 Å². The van der Waals surface area contributed by atoms with E-state index >= 15 is 0 Å². The van der Waals surface area contributed by atoms with Crippen LogP contribution in [0.15, 0.2) is 22.9 Å². The molecular formula is C13H16BrN3O2. The van der Waals surface area contributed by atoms with Gasteiger partial charge in [0.1, 0.15) is 4.60 Å². The highest BCUT2D eigenvalue weighted by molar-refractivity contribution is 9.10. The molecule has 0 aliphatic carbocycles. The largest absolute Gasteiger partial charge is 0.352 e. The van der Waals surface area contributed by atoms with E-state index in [1.807, 2.05) is 0 Å². The highest BCUT2D eigenvalue weighted by Gasteiger charge is 2.24. The number of piperidine rings is 1. The van der Waals surface area contributed by atoms with Gasteiger partial charge in [0.2, 0.25) is 5.91 Å². The molecular weight excluding hydrogens is 310 g/mol. The van der Waals surface area contributed by atoms with E-state index in [-0.39, 0.29) is 17.9 Å². The van der Waals surface area contributed by atoms with Crippen LogP contribution in [0.5, 0.6) is 0 Å². The molecule has 1 fully saturated rings. The Morgan fingerprint density at radius 2 is 2.32 bits per heavy atom. The fourth-order valence-corrected chi connectivity index (χ4v) is 2.65. The first kappa shape index (κ1) is 14.0. The zero-order chi connectivity index (χ0) is 13.8. The number of hydrogen-bond donors (Lipinski definition) is 1. The van der Waals surface area contributed by atoms with E-state index < -0.39 is 0 Å². The Morgan fingerprint density at radius 1 is 1.53 bits per heavy atom. The number of rotatable bonds is 2. The number of nitrogens with one attached hydrogen (secondary N) is 1. The van der Waals surface area contributed by atoms with Gasteiger partial charge in [-0.2, -0.15) is 0 Å². The molecule has 5 nitrogen and oxygen atoms in total. The molecule has 0 saturated carbocycles. The van der Waals surface area contributed by atoms with Crippen LogP contribution in [0.1, 0.15) is 30.1 Å². The molecule has 2 amide bonds. The van der Waals surface area contributed by atoms with Crippen molar-refractivity contribution in [3.05, 3.63) is 28.5 Å². The summed E-state index contributed by atoms with van der Waals surface area (Å²) in [6.45, 7) is 2.80. The Morgan fingerprint density at radius 3 is 3.00 bits per heavy atom.